The van der Waals surface area contributed by atoms with Crippen LogP contribution >= 0.6 is 22.6 Å². The Kier molecular flexibility index (Phi) is 5.38. The molecule has 1 amide bonds. The zero-order valence-corrected chi connectivity index (χ0v) is 13.5. The maximum absolute atomic E-state index is 12.0. The highest BCUT2D eigenvalue weighted by atomic mass is 127. The number of benzene rings is 1. The molecule has 1 aromatic heterocycles. The molecule has 0 bridgehead atoms. The lowest BCUT2D eigenvalue weighted by Crippen LogP contribution is -2.35. The standard InChI is InChI=1S/C15H14INO4/c1-10(14(18)17-9-11-5-4-8-20-11)21-15(19)12-6-2-3-7-13(12)16/h2-8,10H,9H2,1H3,(H,17,18)/t10-/m0/s1. The van der Waals surface area contributed by atoms with Gasteiger partial charge in [-0.25, -0.2) is 4.79 Å². The van der Waals surface area contributed by atoms with Crippen LogP contribution < -0.4 is 5.32 Å². The average molecular weight is 399 g/mol. The SMILES string of the molecule is C[C@H](OC(=O)c1ccccc1I)C(=O)NCc1ccco1. The van der Waals surface area contributed by atoms with Gasteiger partial charge in [-0.15, -0.1) is 0 Å². The zero-order valence-electron chi connectivity index (χ0n) is 11.3. The van der Waals surface area contributed by atoms with Gasteiger partial charge in [0.25, 0.3) is 5.91 Å². The summed E-state index contributed by atoms with van der Waals surface area (Å²) in [5, 5.41) is 2.64. The molecular formula is C15H14INO4. The lowest BCUT2D eigenvalue weighted by Gasteiger charge is -2.13. The number of hydrogen-bond donors (Lipinski definition) is 1. The monoisotopic (exact) mass is 399 g/mol. The second-order valence-corrected chi connectivity index (χ2v) is 5.49. The number of amides is 1. The summed E-state index contributed by atoms with van der Waals surface area (Å²) in [4.78, 5) is 23.8. The van der Waals surface area contributed by atoms with Crippen LogP contribution in [0.5, 0.6) is 0 Å². The number of nitrogens with one attached hydrogen (secondary N) is 1. The number of hydrogen-bond acceptors (Lipinski definition) is 4. The van der Waals surface area contributed by atoms with Gasteiger partial charge in [0.1, 0.15) is 5.76 Å². The van der Waals surface area contributed by atoms with E-state index < -0.39 is 12.1 Å². The third-order valence-electron chi connectivity index (χ3n) is 2.76. The molecule has 0 saturated heterocycles. The predicted molar refractivity (Wildman–Crippen MR) is 84.6 cm³/mol. The number of rotatable bonds is 5. The van der Waals surface area contributed by atoms with E-state index in [0.29, 0.717) is 11.3 Å². The number of ether oxygens (including phenoxy) is 1. The molecule has 2 rings (SSSR count). The number of carbonyl (C=O) groups is 2. The van der Waals surface area contributed by atoms with Crippen molar-refractivity contribution in [3.8, 4) is 0 Å². The Morgan fingerprint density at radius 1 is 1.29 bits per heavy atom. The van der Waals surface area contributed by atoms with Crippen LogP contribution in [0.3, 0.4) is 0 Å². The Balaban J connectivity index is 1.88. The van der Waals surface area contributed by atoms with E-state index in [1.807, 2.05) is 28.7 Å². The highest BCUT2D eigenvalue weighted by molar-refractivity contribution is 14.1. The van der Waals surface area contributed by atoms with Crippen molar-refractivity contribution in [3.63, 3.8) is 0 Å². The molecule has 1 aromatic carbocycles. The summed E-state index contributed by atoms with van der Waals surface area (Å²) in [7, 11) is 0. The second kappa shape index (κ2) is 7.26. The molecular weight excluding hydrogens is 385 g/mol. The Morgan fingerprint density at radius 3 is 2.71 bits per heavy atom. The van der Waals surface area contributed by atoms with E-state index in [9.17, 15) is 9.59 Å². The fraction of sp³-hybridized carbons (Fsp3) is 0.200. The zero-order chi connectivity index (χ0) is 15.2. The van der Waals surface area contributed by atoms with Crippen molar-refractivity contribution in [1.82, 2.24) is 5.32 Å². The van der Waals surface area contributed by atoms with Gasteiger partial charge in [0.2, 0.25) is 0 Å². The molecule has 0 aliphatic carbocycles. The molecule has 0 aliphatic rings. The second-order valence-electron chi connectivity index (χ2n) is 4.32. The molecule has 0 radical (unpaired) electrons. The largest absolute Gasteiger partial charge is 0.467 e. The van der Waals surface area contributed by atoms with Crippen LogP contribution in [0.25, 0.3) is 0 Å². The first-order valence-electron chi connectivity index (χ1n) is 6.33. The summed E-state index contributed by atoms with van der Waals surface area (Å²) in [6.45, 7) is 1.79. The van der Waals surface area contributed by atoms with E-state index in [-0.39, 0.29) is 12.5 Å². The Hall–Kier alpha value is -1.83. The van der Waals surface area contributed by atoms with Crippen molar-refractivity contribution in [1.29, 1.82) is 0 Å². The third kappa shape index (κ3) is 4.32. The molecule has 0 fully saturated rings. The lowest BCUT2D eigenvalue weighted by atomic mass is 10.2. The van der Waals surface area contributed by atoms with Gasteiger partial charge in [0, 0.05) is 3.57 Å². The van der Waals surface area contributed by atoms with Crippen molar-refractivity contribution in [2.75, 3.05) is 0 Å². The molecule has 1 heterocycles. The van der Waals surface area contributed by atoms with E-state index in [4.69, 9.17) is 9.15 Å². The molecule has 21 heavy (non-hydrogen) atoms. The Morgan fingerprint density at radius 2 is 2.05 bits per heavy atom. The van der Waals surface area contributed by atoms with Gasteiger partial charge in [-0.3, -0.25) is 4.79 Å². The molecule has 0 spiro atoms. The van der Waals surface area contributed by atoms with E-state index in [0.717, 1.165) is 3.57 Å². The van der Waals surface area contributed by atoms with Gasteiger partial charge >= 0.3 is 5.97 Å². The fourth-order valence-electron chi connectivity index (χ4n) is 1.64. The molecule has 0 unspecified atom stereocenters. The number of furan rings is 1. The molecule has 0 aliphatic heterocycles. The summed E-state index contributed by atoms with van der Waals surface area (Å²) in [5.41, 5.74) is 0.448. The quantitative estimate of drug-likeness (QED) is 0.620. The van der Waals surface area contributed by atoms with Crippen LogP contribution in [0.2, 0.25) is 0 Å². The van der Waals surface area contributed by atoms with E-state index >= 15 is 0 Å². The minimum Gasteiger partial charge on any atom is -0.467 e. The van der Waals surface area contributed by atoms with Crippen molar-refractivity contribution >= 4 is 34.5 Å². The topological polar surface area (TPSA) is 68.5 Å². The highest BCUT2D eigenvalue weighted by Gasteiger charge is 2.20. The third-order valence-corrected chi connectivity index (χ3v) is 3.70. The maximum Gasteiger partial charge on any atom is 0.339 e. The Labute approximate surface area is 135 Å². The summed E-state index contributed by atoms with van der Waals surface area (Å²) in [5.74, 6) is -0.245. The summed E-state index contributed by atoms with van der Waals surface area (Å²) in [6, 6.07) is 10.5. The number of halogens is 1. The predicted octanol–water partition coefficient (Wildman–Crippen LogP) is 2.75. The van der Waals surface area contributed by atoms with Gasteiger partial charge in [-0.05, 0) is 53.8 Å². The van der Waals surface area contributed by atoms with Gasteiger partial charge in [-0.1, -0.05) is 12.1 Å². The molecule has 1 atom stereocenters. The van der Waals surface area contributed by atoms with E-state index in [1.165, 1.54) is 13.2 Å². The highest BCUT2D eigenvalue weighted by Crippen LogP contribution is 2.13. The van der Waals surface area contributed by atoms with Crippen LogP contribution in [0, 0.1) is 3.57 Å². The van der Waals surface area contributed by atoms with Gasteiger partial charge in [0.15, 0.2) is 6.10 Å². The molecule has 0 saturated carbocycles. The van der Waals surface area contributed by atoms with Crippen LogP contribution in [-0.4, -0.2) is 18.0 Å². The van der Waals surface area contributed by atoms with Crippen molar-refractivity contribution in [3.05, 3.63) is 57.6 Å². The van der Waals surface area contributed by atoms with Gasteiger partial charge < -0.3 is 14.5 Å². The Bertz CT molecular complexity index is 624. The van der Waals surface area contributed by atoms with Gasteiger partial charge in [0.05, 0.1) is 18.4 Å². The van der Waals surface area contributed by atoms with Crippen LogP contribution in [-0.2, 0) is 16.1 Å². The van der Waals surface area contributed by atoms with Crippen LogP contribution in [0.15, 0.2) is 47.1 Å². The minimum absolute atomic E-state index is 0.261. The lowest BCUT2D eigenvalue weighted by molar-refractivity contribution is -0.129. The van der Waals surface area contributed by atoms with Gasteiger partial charge in [-0.2, -0.15) is 0 Å². The first-order valence-corrected chi connectivity index (χ1v) is 7.41. The summed E-state index contributed by atoms with van der Waals surface area (Å²) in [6.07, 6.45) is 0.658. The molecule has 2 aromatic rings. The average Bonchev–Trinajstić information content (AvgIpc) is 2.98. The van der Waals surface area contributed by atoms with E-state index in [1.54, 1.807) is 30.3 Å². The van der Waals surface area contributed by atoms with Crippen molar-refractivity contribution in [2.45, 2.75) is 19.6 Å². The molecule has 5 nitrogen and oxygen atoms in total. The summed E-state index contributed by atoms with van der Waals surface area (Å²) >= 11 is 2.05. The molecule has 1 N–H and O–H groups in total. The minimum atomic E-state index is -0.872. The first kappa shape index (κ1) is 15.6. The molecule has 110 valence electrons. The van der Waals surface area contributed by atoms with Crippen LogP contribution in [0.1, 0.15) is 23.0 Å². The van der Waals surface area contributed by atoms with Crippen molar-refractivity contribution in [2.24, 2.45) is 0 Å². The van der Waals surface area contributed by atoms with Crippen molar-refractivity contribution < 1.29 is 18.7 Å². The normalized spacial score (nSPS) is 11.7. The maximum atomic E-state index is 12.0. The smallest absolute Gasteiger partial charge is 0.339 e. The number of esters is 1. The molecule has 6 heteroatoms. The fourth-order valence-corrected chi connectivity index (χ4v) is 2.24. The van der Waals surface area contributed by atoms with E-state index in [2.05, 4.69) is 5.32 Å². The first-order chi connectivity index (χ1) is 10.1. The van der Waals surface area contributed by atoms with Crippen LogP contribution in [0.4, 0.5) is 0 Å². The number of carbonyl (C=O) groups excluding carboxylic acids is 2. The summed E-state index contributed by atoms with van der Waals surface area (Å²) < 4.78 is 11.0.